The molecule has 0 unspecified atom stereocenters. The summed E-state index contributed by atoms with van der Waals surface area (Å²) in [5, 5.41) is 7.00. The van der Waals surface area contributed by atoms with Gasteiger partial charge in [0.25, 0.3) is 5.91 Å². The number of nitrogens with one attached hydrogen (secondary N) is 1. The van der Waals surface area contributed by atoms with Gasteiger partial charge in [-0.25, -0.2) is 4.39 Å². The second-order valence-corrected chi connectivity index (χ2v) is 7.13. The van der Waals surface area contributed by atoms with Crippen molar-refractivity contribution in [2.45, 2.75) is 13.2 Å². The molecule has 0 fully saturated rings. The minimum Gasteiger partial charge on any atom is -0.497 e. The Balaban J connectivity index is 1.32. The summed E-state index contributed by atoms with van der Waals surface area (Å²) in [6.07, 6.45) is 3.21. The lowest BCUT2D eigenvalue weighted by Gasteiger charge is -2.08. The number of carbonyl (C=O) groups is 1. The molecule has 4 rings (SSSR count). The first-order valence-corrected chi connectivity index (χ1v) is 10.0. The molecule has 0 atom stereocenters. The van der Waals surface area contributed by atoms with Crippen molar-refractivity contribution in [3.8, 4) is 11.5 Å². The van der Waals surface area contributed by atoms with Gasteiger partial charge in [0, 0.05) is 17.3 Å². The summed E-state index contributed by atoms with van der Waals surface area (Å²) in [6.45, 7) is 0.669. The van der Waals surface area contributed by atoms with Crippen molar-refractivity contribution in [3.63, 3.8) is 0 Å². The Morgan fingerprint density at radius 2 is 1.72 bits per heavy atom. The van der Waals surface area contributed by atoms with Crippen LogP contribution in [0.25, 0.3) is 0 Å². The van der Waals surface area contributed by atoms with Crippen molar-refractivity contribution in [1.29, 1.82) is 0 Å². The number of carbonyl (C=O) groups excluding carboxylic acids is 1. The zero-order valence-corrected chi connectivity index (χ0v) is 17.5. The fraction of sp³-hybridized carbons (Fsp3) is 0.120. The highest BCUT2D eigenvalue weighted by atomic mass is 19.1. The zero-order chi connectivity index (χ0) is 22.3. The summed E-state index contributed by atoms with van der Waals surface area (Å²) in [6, 6.07) is 21.1. The molecule has 3 aromatic carbocycles. The molecule has 0 spiro atoms. The van der Waals surface area contributed by atoms with Crippen LogP contribution in [-0.2, 0) is 13.2 Å². The van der Waals surface area contributed by atoms with Crippen LogP contribution in [0.1, 0.15) is 21.5 Å². The van der Waals surface area contributed by atoms with E-state index in [4.69, 9.17) is 9.47 Å². The number of ether oxygens (including phenoxy) is 2. The van der Waals surface area contributed by atoms with Gasteiger partial charge in [0.15, 0.2) is 0 Å². The Morgan fingerprint density at radius 1 is 1.00 bits per heavy atom. The number of methoxy groups -OCH3 is 1. The lowest BCUT2D eigenvalue weighted by atomic mass is 10.1. The Labute approximate surface area is 185 Å². The first-order chi connectivity index (χ1) is 15.6. The third-order valence-corrected chi connectivity index (χ3v) is 4.86. The molecule has 0 aliphatic carbocycles. The summed E-state index contributed by atoms with van der Waals surface area (Å²) < 4.78 is 26.3. The Morgan fingerprint density at radius 3 is 2.44 bits per heavy atom. The van der Waals surface area contributed by atoms with Crippen LogP contribution in [-0.4, -0.2) is 22.8 Å². The molecule has 0 aliphatic rings. The molecule has 0 saturated carbocycles. The molecule has 0 saturated heterocycles. The van der Waals surface area contributed by atoms with Gasteiger partial charge in [0.05, 0.1) is 25.5 Å². The van der Waals surface area contributed by atoms with Gasteiger partial charge in [-0.05, 0) is 48.0 Å². The average molecular weight is 431 g/mol. The monoisotopic (exact) mass is 431 g/mol. The van der Waals surface area contributed by atoms with E-state index in [1.54, 1.807) is 48.3 Å². The van der Waals surface area contributed by atoms with Gasteiger partial charge >= 0.3 is 0 Å². The lowest BCUT2D eigenvalue weighted by molar-refractivity contribution is 0.102. The van der Waals surface area contributed by atoms with E-state index in [2.05, 4.69) is 10.4 Å². The SMILES string of the molecule is COc1ccc(OCc2ccc(C(=O)Nc3cnn(Cc4ccccc4F)c3)cc2)cc1. The number of nitrogens with zero attached hydrogens (tertiary/aromatic N) is 2. The van der Waals surface area contributed by atoms with Crippen molar-refractivity contribution in [3.05, 3.63) is 108 Å². The number of aromatic nitrogens is 2. The molecule has 32 heavy (non-hydrogen) atoms. The molecular weight excluding hydrogens is 409 g/mol. The number of amides is 1. The maximum absolute atomic E-state index is 13.8. The molecular formula is C25H22FN3O3. The molecule has 1 amide bonds. The van der Waals surface area contributed by atoms with Crippen molar-refractivity contribution < 1.29 is 18.7 Å². The van der Waals surface area contributed by atoms with Crippen molar-refractivity contribution in [1.82, 2.24) is 9.78 Å². The number of hydrogen-bond acceptors (Lipinski definition) is 4. The molecule has 0 radical (unpaired) electrons. The quantitative estimate of drug-likeness (QED) is 0.431. The molecule has 4 aromatic rings. The predicted molar refractivity (Wildman–Crippen MR) is 119 cm³/mol. The summed E-state index contributed by atoms with van der Waals surface area (Å²) in [7, 11) is 1.62. The van der Waals surface area contributed by atoms with E-state index in [1.165, 1.54) is 12.3 Å². The van der Waals surface area contributed by atoms with Gasteiger partial charge in [-0.2, -0.15) is 5.10 Å². The third-order valence-electron chi connectivity index (χ3n) is 4.86. The molecule has 162 valence electrons. The minimum absolute atomic E-state index is 0.252. The number of anilines is 1. The van der Waals surface area contributed by atoms with E-state index >= 15 is 0 Å². The summed E-state index contributed by atoms with van der Waals surface area (Å²) in [4.78, 5) is 12.5. The maximum Gasteiger partial charge on any atom is 0.255 e. The van der Waals surface area contributed by atoms with Gasteiger partial charge in [0.1, 0.15) is 23.9 Å². The van der Waals surface area contributed by atoms with Crippen LogP contribution in [0.4, 0.5) is 10.1 Å². The maximum atomic E-state index is 13.8. The van der Waals surface area contributed by atoms with Crippen LogP contribution in [0.2, 0.25) is 0 Å². The first-order valence-electron chi connectivity index (χ1n) is 10.0. The predicted octanol–water partition coefficient (Wildman–Crippen LogP) is 4.91. The van der Waals surface area contributed by atoms with E-state index in [0.717, 1.165) is 17.1 Å². The molecule has 0 aliphatic heterocycles. The smallest absolute Gasteiger partial charge is 0.255 e. The second kappa shape index (κ2) is 9.78. The average Bonchev–Trinajstić information content (AvgIpc) is 3.26. The molecule has 6 nitrogen and oxygen atoms in total. The number of halogens is 1. The molecule has 0 bridgehead atoms. The van der Waals surface area contributed by atoms with Crippen LogP contribution in [0, 0.1) is 5.82 Å². The number of benzene rings is 3. The largest absolute Gasteiger partial charge is 0.497 e. The van der Waals surface area contributed by atoms with Crippen LogP contribution >= 0.6 is 0 Å². The number of rotatable bonds is 8. The highest BCUT2D eigenvalue weighted by Gasteiger charge is 2.09. The molecule has 1 heterocycles. The van der Waals surface area contributed by atoms with Gasteiger partial charge in [-0.3, -0.25) is 9.48 Å². The topological polar surface area (TPSA) is 65.4 Å². The minimum atomic E-state index is -0.287. The van der Waals surface area contributed by atoms with Crippen LogP contribution < -0.4 is 14.8 Å². The van der Waals surface area contributed by atoms with Gasteiger partial charge in [-0.1, -0.05) is 30.3 Å². The third kappa shape index (κ3) is 5.31. The molecule has 7 heteroatoms. The van der Waals surface area contributed by atoms with Gasteiger partial charge in [-0.15, -0.1) is 0 Å². The molecule has 1 N–H and O–H groups in total. The van der Waals surface area contributed by atoms with Crippen molar-refractivity contribution in [2.24, 2.45) is 0 Å². The van der Waals surface area contributed by atoms with Crippen molar-refractivity contribution >= 4 is 11.6 Å². The fourth-order valence-electron chi connectivity index (χ4n) is 3.11. The fourth-order valence-corrected chi connectivity index (χ4v) is 3.11. The van der Waals surface area contributed by atoms with Gasteiger partial charge in [0.2, 0.25) is 0 Å². The lowest BCUT2D eigenvalue weighted by Crippen LogP contribution is -2.11. The summed E-state index contributed by atoms with van der Waals surface area (Å²) in [5.41, 5.74) is 2.52. The summed E-state index contributed by atoms with van der Waals surface area (Å²) >= 11 is 0. The number of hydrogen-bond donors (Lipinski definition) is 1. The van der Waals surface area contributed by atoms with E-state index in [1.807, 2.05) is 36.4 Å². The Bertz CT molecular complexity index is 1190. The Kier molecular flexibility index (Phi) is 6.46. The van der Waals surface area contributed by atoms with Crippen molar-refractivity contribution in [2.75, 3.05) is 12.4 Å². The second-order valence-electron chi connectivity index (χ2n) is 7.13. The highest BCUT2D eigenvalue weighted by Crippen LogP contribution is 2.19. The van der Waals surface area contributed by atoms with E-state index in [-0.39, 0.29) is 18.3 Å². The zero-order valence-electron chi connectivity index (χ0n) is 17.5. The van der Waals surface area contributed by atoms with Gasteiger partial charge < -0.3 is 14.8 Å². The molecule has 1 aromatic heterocycles. The first kappa shape index (κ1) is 21.1. The Hall–Kier alpha value is -4.13. The standard InChI is InChI=1S/C25H22FN3O3/c1-31-22-10-12-23(13-11-22)32-17-18-6-8-19(9-7-18)25(30)28-21-14-27-29(16-21)15-20-4-2-3-5-24(20)26/h2-14,16H,15,17H2,1H3,(H,28,30). The normalized spacial score (nSPS) is 10.6. The van der Waals surface area contributed by atoms with Crippen LogP contribution in [0.5, 0.6) is 11.5 Å². The van der Waals surface area contributed by atoms with E-state index < -0.39 is 0 Å². The summed E-state index contributed by atoms with van der Waals surface area (Å²) in [5.74, 6) is 0.966. The highest BCUT2D eigenvalue weighted by molar-refractivity contribution is 6.04. The van der Waals surface area contributed by atoms with E-state index in [9.17, 15) is 9.18 Å². The van der Waals surface area contributed by atoms with Crippen LogP contribution in [0.3, 0.4) is 0 Å². The van der Waals surface area contributed by atoms with E-state index in [0.29, 0.717) is 23.4 Å². The van der Waals surface area contributed by atoms with Crippen LogP contribution in [0.15, 0.2) is 85.2 Å².